The minimum Gasteiger partial charge on any atom is -0.194 e. The van der Waals surface area contributed by atoms with Crippen LogP contribution in [-0.2, 0) is 12.8 Å². The van der Waals surface area contributed by atoms with Crippen LogP contribution < -0.4 is 0 Å². The van der Waals surface area contributed by atoms with Gasteiger partial charge in [0.25, 0.3) is 0 Å². The maximum atomic E-state index is 15.6. The van der Waals surface area contributed by atoms with Gasteiger partial charge in [0.2, 0.25) is 0 Å². The third-order valence-corrected chi connectivity index (χ3v) is 8.78. The van der Waals surface area contributed by atoms with Crippen LogP contribution in [0.2, 0.25) is 0 Å². The first kappa shape index (κ1) is 24.5. The largest absolute Gasteiger partial charge is 0.380 e. The number of aryl methyl sites for hydroxylation is 4. The number of alkyl halides is 6. The van der Waals surface area contributed by atoms with Crippen LogP contribution in [0.5, 0.6) is 0 Å². The molecule has 35 heavy (non-hydrogen) atoms. The second-order valence-corrected chi connectivity index (χ2v) is 11.1. The zero-order chi connectivity index (χ0) is 25.8. The van der Waals surface area contributed by atoms with Gasteiger partial charge >= 0.3 is 17.8 Å². The van der Waals surface area contributed by atoms with Gasteiger partial charge in [-0.1, -0.05) is 38.1 Å². The Bertz CT molecular complexity index is 1170. The molecule has 2 aromatic rings. The van der Waals surface area contributed by atoms with Crippen molar-refractivity contribution < 1.29 is 26.3 Å². The topological polar surface area (TPSA) is 0 Å². The Balaban J connectivity index is 1.83. The standard InChI is InChI=1S/C29H30F6/c1-13-7-19-9-17(5)23(21(19)11-15(13)3)25-26(28(32,33)29(34,35)27(25,30)31)24-18(6)10-20-8-14(2)16(4)12-22(20)24/h7-8,11-12,17-18,23-24H,9-10H2,1-6H3. The maximum absolute atomic E-state index is 15.6. The molecule has 0 N–H and O–H groups in total. The molecular formula is C29H30F6. The van der Waals surface area contributed by atoms with E-state index >= 15 is 26.3 Å². The first-order valence-electron chi connectivity index (χ1n) is 12.2. The molecule has 0 saturated heterocycles. The SMILES string of the molecule is Cc1cc2c(cc1C)C(C1=C(C3c4cc(C)c(C)cc4CC3C)C(F)(F)C(F)(F)C1(F)F)C(C)C2. The van der Waals surface area contributed by atoms with Crippen LogP contribution in [0.25, 0.3) is 0 Å². The normalized spacial score (nSPS) is 30.1. The molecule has 0 aromatic heterocycles. The van der Waals surface area contributed by atoms with Gasteiger partial charge in [-0.25, -0.2) is 0 Å². The van der Waals surface area contributed by atoms with Crippen molar-refractivity contribution in [3.8, 4) is 0 Å². The number of fused-ring (bicyclic) bond motifs is 2. The summed E-state index contributed by atoms with van der Waals surface area (Å²) in [5.41, 5.74) is 3.99. The molecule has 2 aromatic carbocycles. The number of halogens is 6. The number of benzene rings is 2. The molecule has 0 fully saturated rings. The predicted molar refractivity (Wildman–Crippen MR) is 125 cm³/mol. The Kier molecular flexibility index (Phi) is 5.16. The highest BCUT2D eigenvalue weighted by Crippen LogP contribution is 2.68. The summed E-state index contributed by atoms with van der Waals surface area (Å²) in [4.78, 5) is 0. The summed E-state index contributed by atoms with van der Waals surface area (Å²) in [7, 11) is 0. The fraction of sp³-hybridized carbons (Fsp3) is 0.517. The lowest BCUT2D eigenvalue weighted by atomic mass is 9.77. The Morgan fingerprint density at radius 3 is 1.23 bits per heavy atom. The van der Waals surface area contributed by atoms with E-state index in [9.17, 15) is 0 Å². The minimum atomic E-state index is -5.49. The van der Waals surface area contributed by atoms with E-state index < -0.39 is 52.6 Å². The van der Waals surface area contributed by atoms with Crippen LogP contribution in [0.1, 0.15) is 70.2 Å². The van der Waals surface area contributed by atoms with E-state index in [2.05, 4.69) is 0 Å². The Morgan fingerprint density at radius 1 is 0.571 bits per heavy atom. The molecule has 0 spiro atoms. The van der Waals surface area contributed by atoms with Crippen LogP contribution in [0.3, 0.4) is 0 Å². The lowest BCUT2D eigenvalue weighted by molar-refractivity contribution is -0.266. The highest BCUT2D eigenvalue weighted by atomic mass is 19.3. The van der Waals surface area contributed by atoms with Crippen LogP contribution >= 0.6 is 0 Å². The number of allylic oxidation sites excluding steroid dienone is 2. The lowest BCUT2D eigenvalue weighted by Crippen LogP contribution is -2.50. The summed E-state index contributed by atoms with van der Waals surface area (Å²) in [6.45, 7) is 10.8. The highest BCUT2D eigenvalue weighted by molar-refractivity contribution is 5.58. The molecule has 6 heteroatoms. The third-order valence-electron chi connectivity index (χ3n) is 8.78. The summed E-state index contributed by atoms with van der Waals surface area (Å²) >= 11 is 0. The fourth-order valence-electron chi connectivity index (χ4n) is 6.75. The van der Waals surface area contributed by atoms with Gasteiger partial charge in [-0.3, -0.25) is 0 Å². The van der Waals surface area contributed by atoms with E-state index in [1.165, 1.54) is 0 Å². The molecule has 0 radical (unpaired) electrons. The van der Waals surface area contributed by atoms with Crippen molar-refractivity contribution in [2.45, 2.75) is 84.0 Å². The lowest BCUT2D eigenvalue weighted by Gasteiger charge is -2.28. The van der Waals surface area contributed by atoms with Crippen molar-refractivity contribution in [2.24, 2.45) is 11.8 Å². The number of hydrogen-bond donors (Lipinski definition) is 0. The molecule has 5 rings (SSSR count). The zero-order valence-corrected chi connectivity index (χ0v) is 20.8. The molecular weight excluding hydrogens is 462 g/mol. The molecule has 3 aliphatic carbocycles. The molecule has 0 heterocycles. The Hall–Kier alpha value is -2.24. The second kappa shape index (κ2) is 7.39. The Labute approximate surface area is 202 Å². The average molecular weight is 493 g/mol. The average Bonchev–Trinajstić information content (AvgIpc) is 3.24. The predicted octanol–water partition coefficient (Wildman–Crippen LogP) is 8.39. The van der Waals surface area contributed by atoms with Gasteiger partial charge in [-0.05, 0) is 96.9 Å². The first-order valence-corrected chi connectivity index (χ1v) is 12.2. The highest BCUT2D eigenvalue weighted by Gasteiger charge is 2.81. The van der Waals surface area contributed by atoms with E-state index in [1.54, 1.807) is 26.0 Å². The van der Waals surface area contributed by atoms with Gasteiger partial charge in [0.15, 0.2) is 0 Å². The molecule has 0 bridgehead atoms. The molecule has 4 unspecified atom stereocenters. The van der Waals surface area contributed by atoms with E-state index in [0.717, 1.165) is 33.4 Å². The number of hydrogen-bond acceptors (Lipinski definition) is 0. The van der Waals surface area contributed by atoms with Crippen LogP contribution in [0, 0.1) is 39.5 Å². The van der Waals surface area contributed by atoms with Crippen molar-refractivity contribution in [2.75, 3.05) is 0 Å². The second-order valence-electron chi connectivity index (χ2n) is 11.1. The Morgan fingerprint density at radius 2 is 0.886 bits per heavy atom. The molecule has 0 amide bonds. The van der Waals surface area contributed by atoms with Crippen molar-refractivity contribution in [3.05, 3.63) is 79.9 Å². The molecule has 188 valence electrons. The fourth-order valence-corrected chi connectivity index (χ4v) is 6.75. The van der Waals surface area contributed by atoms with Crippen molar-refractivity contribution in [1.82, 2.24) is 0 Å². The van der Waals surface area contributed by atoms with E-state index in [1.807, 2.05) is 39.8 Å². The minimum absolute atomic E-state index is 0.389. The number of rotatable bonds is 2. The quantitative estimate of drug-likeness (QED) is 0.292. The zero-order valence-electron chi connectivity index (χ0n) is 20.8. The molecule has 3 aliphatic rings. The maximum Gasteiger partial charge on any atom is 0.380 e. The van der Waals surface area contributed by atoms with Crippen molar-refractivity contribution >= 4 is 0 Å². The van der Waals surface area contributed by atoms with Crippen LogP contribution in [0.4, 0.5) is 26.3 Å². The molecule has 0 saturated carbocycles. The van der Waals surface area contributed by atoms with E-state index in [0.29, 0.717) is 24.0 Å². The summed E-state index contributed by atoms with van der Waals surface area (Å²) in [5.74, 6) is -18.8. The smallest absolute Gasteiger partial charge is 0.194 e. The van der Waals surface area contributed by atoms with E-state index in [-0.39, 0.29) is 0 Å². The van der Waals surface area contributed by atoms with Gasteiger partial charge in [0.1, 0.15) is 0 Å². The van der Waals surface area contributed by atoms with Crippen molar-refractivity contribution in [3.63, 3.8) is 0 Å². The first-order chi connectivity index (χ1) is 16.1. The summed E-state index contributed by atoms with van der Waals surface area (Å²) in [6, 6.07) is 7.22. The molecule has 4 atom stereocenters. The van der Waals surface area contributed by atoms with Gasteiger partial charge in [-0.15, -0.1) is 0 Å². The van der Waals surface area contributed by atoms with E-state index in [4.69, 9.17) is 0 Å². The summed E-state index contributed by atoms with van der Waals surface area (Å²) < 4.78 is 92.7. The third kappa shape index (κ3) is 3.07. The molecule has 0 aliphatic heterocycles. The van der Waals surface area contributed by atoms with Crippen LogP contribution in [0.15, 0.2) is 35.4 Å². The van der Waals surface area contributed by atoms with Gasteiger partial charge in [0, 0.05) is 23.0 Å². The van der Waals surface area contributed by atoms with Crippen molar-refractivity contribution in [1.29, 1.82) is 0 Å². The monoisotopic (exact) mass is 492 g/mol. The summed E-state index contributed by atoms with van der Waals surface area (Å²) in [5, 5.41) is 0. The van der Waals surface area contributed by atoms with Gasteiger partial charge in [-0.2, -0.15) is 26.3 Å². The summed E-state index contributed by atoms with van der Waals surface area (Å²) in [6.07, 6.45) is 0.778. The van der Waals surface area contributed by atoms with Gasteiger partial charge in [0.05, 0.1) is 0 Å². The van der Waals surface area contributed by atoms with Crippen LogP contribution in [-0.4, -0.2) is 17.8 Å². The van der Waals surface area contributed by atoms with Gasteiger partial charge < -0.3 is 0 Å². The molecule has 0 nitrogen and oxygen atoms in total.